The van der Waals surface area contributed by atoms with Gasteiger partial charge in [0.2, 0.25) is 6.39 Å². The van der Waals surface area contributed by atoms with Crippen molar-refractivity contribution in [3.63, 3.8) is 0 Å². The first-order valence-electron chi connectivity index (χ1n) is 19.1. The van der Waals surface area contributed by atoms with Gasteiger partial charge in [0, 0.05) is 42.4 Å². The quantitative estimate of drug-likeness (QED) is 0.0885. The number of hydrogen-bond acceptors (Lipinski definition) is 11. The van der Waals surface area contributed by atoms with Crippen molar-refractivity contribution in [2.75, 3.05) is 33.7 Å². The number of carbonyl (C=O) groups is 2. The molecule has 0 saturated heterocycles. The van der Waals surface area contributed by atoms with Gasteiger partial charge in [0.05, 0.1) is 39.1 Å². The molecule has 7 aromatic rings. The van der Waals surface area contributed by atoms with Crippen LogP contribution in [0.1, 0.15) is 16.8 Å². The zero-order valence-corrected chi connectivity index (χ0v) is 34.7. The van der Waals surface area contributed by atoms with E-state index in [1.54, 1.807) is 18.2 Å². The molecule has 4 heterocycles. The van der Waals surface area contributed by atoms with E-state index in [2.05, 4.69) is 41.1 Å². The average molecular weight is 950 g/mol. The van der Waals surface area contributed by atoms with Gasteiger partial charge in [0.1, 0.15) is 40.2 Å². The fourth-order valence-electron chi connectivity index (χ4n) is 6.26. The fourth-order valence-corrected chi connectivity index (χ4v) is 6.71. The number of urea groups is 2. The van der Waals surface area contributed by atoms with Crippen molar-refractivity contribution in [3.05, 3.63) is 155 Å². The number of halogens is 8. The van der Waals surface area contributed by atoms with Crippen LogP contribution in [0.25, 0.3) is 11.6 Å². The number of rotatable bonds is 10. The molecule has 336 valence electrons. The predicted octanol–water partition coefficient (Wildman–Crippen LogP) is 11.5. The summed E-state index contributed by atoms with van der Waals surface area (Å²) >= 11 is 11.9. The largest absolute Gasteiger partial charge is 0.457 e. The van der Waals surface area contributed by atoms with E-state index in [4.69, 9.17) is 37.1 Å². The number of pyridine rings is 2. The zero-order chi connectivity index (χ0) is 46.6. The Morgan fingerprint density at radius 3 is 1.56 bits per heavy atom. The molecule has 0 bridgehead atoms. The molecule has 8 rings (SSSR count). The molecule has 0 saturated carbocycles. The van der Waals surface area contributed by atoms with Gasteiger partial charge in [0.25, 0.3) is 5.89 Å². The van der Waals surface area contributed by atoms with E-state index >= 15 is 0 Å². The molecule has 3 aromatic heterocycles. The van der Waals surface area contributed by atoms with Gasteiger partial charge in [-0.2, -0.15) is 36.4 Å². The molecule has 0 radical (unpaired) electrons. The van der Waals surface area contributed by atoms with Gasteiger partial charge >= 0.3 is 24.4 Å². The Balaban J connectivity index is 1.12. The minimum Gasteiger partial charge on any atom is -0.457 e. The zero-order valence-electron chi connectivity index (χ0n) is 33.2. The van der Waals surface area contributed by atoms with Crippen molar-refractivity contribution in [1.82, 2.24) is 25.5 Å². The van der Waals surface area contributed by atoms with Gasteiger partial charge in [-0.15, -0.1) is 10.2 Å². The van der Waals surface area contributed by atoms with E-state index in [1.165, 1.54) is 67.0 Å². The molecule has 0 fully saturated rings. The third kappa shape index (κ3) is 10.4. The lowest BCUT2D eigenvalue weighted by molar-refractivity contribution is -0.138. The van der Waals surface area contributed by atoms with E-state index in [-0.39, 0.29) is 23.0 Å². The Bertz CT molecular complexity index is 2920. The second-order valence-electron chi connectivity index (χ2n) is 13.7. The Morgan fingerprint density at radius 2 is 1.12 bits per heavy atom. The third-order valence-corrected chi connectivity index (χ3v) is 9.89. The number of nitrogens with one attached hydrogen (secondary N) is 3. The number of hydrazine groups is 1. The van der Waals surface area contributed by atoms with E-state index in [9.17, 15) is 35.9 Å². The van der Waals surface area contributed by atoms with E-state index in [0.717, 1.165) is 30.7 Å². The van der Waals surface area contributed by atoms with Gasteiger partial charge in [-0.25, -0.2) is 9.59 Å². The topological polar surface area (TPSA) is 172 Å². The molecule has 1 aliphatic rings. The number of amides is 4. The summed E-state index contributed by atoms with van der Waals surface area (Å²) in [5.74, 6) is 1.99. The Morgan fingerprint density at radius 1 is 0.636 bits per heavy atom. The highest BCUT2D eigenvalue weighted by molar-refractivity contribution is 6.32. The molecule has 15 nitrogen and oxygen atoms in total. The molecule has 3 N–H and O–H groups in total. The second kappa shape index (κ2) is 18.7. The van der Waals surface area contributed by atoms with Crippen molar-refractivity contribution in [3.8, 4) is 34.6 Å². The van der Waals surface area contributed by atoms with Crippen molar-refractivity contribution in [2.24, 2.45) is 4.99 Å². The van der Waals surface area contributed by atoms with Gasteiger partial charge in [0.15, 0.2) is 0 Å². The lowest BCUT2D eigenvalue weighted by atomic mass is 10.1. The Kier molecular flexibility index (Phi) is 12.6. The van der Waals surface area contributed by atoms with Crippen molar-refractivity contribution < 1.29 is 49.8 Å². The van der Waals surface area contributed by atoms with Crippen LogP contribution in [0.4, 0.5) is 58.7 Å². The summed E-state index contributed by atoms with van der Waals surface area (Å²) in [6, 6.07) is 19.5. The van der Waals surface area contributed by atoms with E-state index in [1.807, 2.05) is 0 Å². The van der Waals surface area contributed by atoms with Crippen molar-refractivity contribution in [2.45, 2.75) is 12.4 Å². The number of benzene rings is 4. The minimum absolute atomic E-state index is 0.0143. The van der Waals surface area contributed by atoms with Crippen LogP contribution < -0.4 is 35.4 Å². The van der Waals surface area contributed by atoms with Crippen LogP contribution in [-0.2, 0) is 12.4 Å². The van der Waals surface area contributed by atoms with Crippen LogP contribution in [0.2, 0.25) is 10.0 Å². The maximum absolute atomic E-state index is 14.5. The Labute approximate surface area is 378 Å². The molecular formula is C43H28Cl2F6N10O5. The first-order valence-corrected chi connectivity index (χ1v) is 19.8. The summed E-state index contributed by atoms with van der Waals surface area (Å²) in [7, 11) is 0. The molecule has 66 heavy (non-hydrogen) atoms. The second-order valence-corrected chi connectivity index (χ2v) is 14.5. The number of anilines is 4. The standard InChI is InChI=1S/C43H28Cl2F6N10O5/c44-34-11-5-26(19-32(34)42(46,47)48)60(40(62)57-24-1-7-28(8-2-24)65-30-13-15-52-36(21-30)38-54-17-18-55-38)61(27-6-12-35(45)33(20-27)43(49,50)51)41(63)58-25-3-9-29(10-4-25)66-31-14-16-53-37(22-31)39-59-56-23-64-39/h1-16,19-23H,17-18H2,(H,54,55)(H,57,62)(H,58,63). The molecule has 0 spiro atoms. The number of aliphatic imine (C=N–C) groups is 1. The van der Waals surface area contributed by atoms with Crippen LogP contribution >= 0.6 is 23.2 Å². The Hall–Kier alpha value is -7.91. The van der Waals surface area contributed by atoms with Gasteiger partial charge in [-0.3, -0.25) is 15.0 Å². The van der Waals surface area contributed by atoms with Crippen LogP contribution in [0, 0.1) is 0 Å². The number of nitrogens with zero attached hydrogens (tertiary/aromatic N) is 7. The van der Waals surface area contributed by atoms with Crippen LogP contribution in [0.3, 0.4) is 0 Å². The third-order valence-electron chi connectivity index (χ3n) is 9.23. The van der Waals surface area contributed by atoms with Gasteiger partial charge in [-0.1, -0.05) is 23.2 Å². The lowest BCUT2D eigenvalue weighted by Crippen LogP contribution is -2.54. The normalized spacial score (nSPS) is 12.5. The maximum Gasteiger partial charge on any atom is 0.417 e. The van der Waals surface area contributed by atoms with Gasteiger partial charge in [-0.05, 0) is 97.1 Å². The predicted molar refractivity (Wildman–Crippen MR) is 230 cm³/mol. The molecule has 23 heteroatoms. The molecular weight excluding hydrogens is 921 g/mol. The first-order chi connectivity index (χ1) is 31.6. The number of amidine groups is 1. The minimum atomic E-state index is -5.08. The average Bonchev–Trinajstić information content (AvgIpc) is 4.04. The number of alkyl halides is 6. The SMILES string of the molecule is O=C(Nc1ccc(Oc2ccnc(C3=NCCN3)c2)cc1)N(c1ccc(Cl)c(C(F)(F)F)c1)N(C(=O)Nc1ccc(Oc2ccnc(-c3nnco3)c2)cc1)c1ccc(Cl)c(C(F)(F)F)c1. The van der Waals surface area contributed by atoms with E-state index in [0.29, 0.717) is 69.7 Å². The summed E-state index contributed by atoms with van der Waals surface area (Å²) in [6.07, 6.45) is -6.06. The molecule has 0 aliphatic carbocycles. The summed E-state index contributed by atoms with van der Waals surface area (Å²) in [5, 5.41) is 14.8. The molecule has 1 aliphatic heterocycles. The first kappa shape index (κ1) is 44.7. The highest BCUT2D eigenvalue weighted by atomic mass is 35.5. The van der Waals surface area contributed by atoms with Crippen LogP contribution in [0.5, 0.6) is 23.0 Å². The summed E-state index contributed by atoms with van der Waals surface area (Å²) in [6.45, 7) is 1.26. The maximum atomic E-state index is 14.5. The van der Waals surface area contributed by atoms with Crippen molar-refractivity contribution in [1.29, 1.82) is 0 Å². The number of aromatic nitrogens is 4. The molecule has 4 aromatic carbocycles. The molecule has 4 amide bonds. The molecule has 0 unspecified atom stereocenters. The van der Waals surface area contributed by atoms with Crippen molar-refractivity contribution >= 4 is 63.8 Å². The number of hydrogen-bond donors (Lipinski definition) is 3. The summed E-state index contributed by atoms with van der Waals surface area (Å²) < 4.78 is 103. The van der Waals surface area contributed by atoms with Crippen LogP contribution in [-0.4, -0.2) is 51.2 Å². The number of carbonyl (C=O) groups excluding carboxylic acids is 2. The summed E-state index contributed by atoms with van der Waals surface area (Å²) in [5.41, 5.74) is -3.21. The number of ether oxygens (including phenoxy) is 2. The fraction of sp³-hybridized carbons (Fsp3) is 0.0930. The summed E-state index contributed by atoms with van der Waals surface area (Å²) in [4.78, 5) is 41.7. The van der Waals surface area contributed by atoms with E-state index < -0.39 is 57.0 Å². The highest BCUT2D eigenvalue weighted by Gasteiger charge is 2.39. The highest BCUT2D eigenvalue weighted by Crippen LogP contribution is 2.41. The van der Waals surface area contributed by atoms with Crippen LogP contribution in [0.15, 0.2) is 137 Å². The monoisotopic (exact) mass is 948 g/mol. The molecule has 0 atom stereocenters. The smallest absolute Gasteiger partial charge is 0.417 e. The van der Waals surface area contributed by atoms with Gasteiger partial charge < -0.3 is 29.8 Å². The lowest BCUT2D eigenvalue weighted by Gasteiger charge is -2.35.